The molecule has 3 aromatic heterocycles. The van der Waals surface area contributed by atoms with Gasteiger partial charge in [-0.15, -0.1) is 0 Å². The Morgan fingerprint density at radius 2 is 1.08 bits per heavy atom. The van der Waals surface area contributed by atoms with E-state index in [1.807, 2.05) is 42.5 Å². The molecule has 4 aromatic carbocycles. The Kier molecular flexibility index (Phi) is 14.9. The third-order valence-electron chi connectivity index (χ3n) is 20.5. The predicted molar refractivity (Wildman–Crippen MR) is 341 cm³/mol. The molecule has 6 aliphatic rings. The van der Waals surface area contributed by atoms with Crippen LogP contribution in [-0.4, -0.2) is 37.9 Å². The highest BCUT2D eigenvalue weighted by Crippen LogP contribution is 2.67. The van der Waals surface area contributed by atoms with E-state index in [0.29, 0.717) is 17.0 Å². The number of ether oxygens (including phenoxy) is 1. The molecule has 422 valence electrons. The Morgan fingerprint density at radius 3 is 1.59 bits per heavy atom. The lowest BCUT2D eigenvalue weighted by Gasteiger charge is -2.58. The molecule has 8 nitrogen and oxygen atoms in total. The Morgan fingerprint density at radius 1 is 0.578 bits per heavy atom. The van der Waals surface area contributed by atoms with Gasteiger partial charge in [-0.3, -0.25) is 9.59 Å². The molecule has 8 atom stereocenters. The molecule has 7 aromatic rings. The number of H-pyrrole nitrogens is 2. The maximum Gasteiger partial charge on any atom is 0.306 e. The molecule has 0 radical (unpaired) electrons. The first-order chi connectivity index (χ1) is 40.4. The maximum absolute atomic E-state index is 13.6. The summed E-state index contributed by atoms with van der Waals surface area (Å²) in [7, 11) is 0. The van der Waals surface area contributed by atoms with Gasteiger partial charge in [0.1, 0.15) is 6.10 Å². The third kappa shape index (κ3) is 10.6. The minimum Gasteiger partial charge on any atom is -0.462 e. The fourth-order valence-electron chi connectivity index (χ4n) is 16.4. The van der Waals surface area contributed by atoms with Gasteiger partial charge >= 0.3 is 5.97 Å². The van der Waals surface area contributed by atoms with E-state index in [1.165, 1.54) is 56.9 Å². The van der Waals surface area contributed by atoms with Crippen molar-refractivity contribution in [2.45, 2.75) is 124 Å². The lowest BCUT2D eigenvalue weighted by Crippen LogP contribution is -2.51. The molecule has 1 amide bonds. The van der Waals surface area contributed by atoms with Crippen molar-refractivity contribution in [1.82, 2.24) is 19.9 Å². The number of hydrogen-bond acceptors (Lipinski definition) is 5. The molecule has 5 heterocycles. The maximum atomic E-state index is 13.6. The van der Waals surface area contributed by atoms with Crippen LogP contribution in [-0.2, 0) is 14.3 Å². The topological polar surface area (TPSA) is 113 Å². The average Bonchev–Trinajstić information content (AvgIpc) is 3.10. The van der Waals surface area contributed by atoms with Gasteiger partial charge in [-0.1, -0.05) is 169 Å². The number of aromatic amines is 2. The van der Waals surface area contributed by atoms with Gasteiger partial charge in [0.2, 0.25) is 5.91 Å². The zero-order valence-electron chi connectivity index (χ0n) is 49.0. The number of carbonyl (C=O) groups is 2. The molecule has 8 bridgehead atoms. The zero-order valence-corrected chi connectivity index (χ0v) is 49.0. The van der Waals surface area contributed by atoms with Gasteiger partial charge in [0, 0.05) is 62.8 Å². The number of fused-ring (bicyclic) bond motifs is 13. The van der Waals surface area contributed by atoms with Gasteiger partial charge in [0.25, 0.3) is 0 Å². The quantitative estimate of drug-likeness (QED) is 0.0742. The van der Waals surface area contributed by atoms with E-state index in [0.717, 1.165) is 138 Å². The normalized spacial score (nSPS) is 23.7. The molecule has 0 saturated heterocycles. The number of allylic oxidation sites excluding steroid dienone is 1. The van der Waals surface area contributed by atoms with Crippen LogP contribution in [0.4, 0.5) is 5.69 Å². The summed E-state index contributed by atoms with van der Waals surface area (Å²) in [6.07, 6.45) is 24.5. The molecule has 4 aliphatic carbocycles. The van der Waals surface area contributed by atoms with Crippen LogP contribution < -0.4 is 5.32 Å². The van der Waals surface area contributed by atoms with Crippen molar-refractivity contribution in [1.29, 1.82) is 0 Å². The van der Waals surface area contributed by atoms with Crippen LogP contribution in [0.25, 0.3) is 90.9 Å². The van der Waals surface area contributed by atoms with E-state index in [4.69, 9.17) is 14.7 Å². The number of nitrogens with one attached hydrogen (secondary N) is 3. The van der Waals surface area contributed by atoms with E-state index in [9.17, 15) is 9.59 Å². The molecular formula is C75H79N5O3. The van der Waals surface area contributed by atoms with Crippen molar-refractivity contribution in [3.05, 3.63) is 174 Å². The standard InChI is InChI=1S/C75H79N5O3/c1-47(2)16-15-17-48(3)57-30-31-58-56-29-26-53-46-55(42-44-74(53,4)59(56)43-45-75(57,58)5)83-69(82)41-40-68(81)76-54-27-24-52(25-28-54)73-66-38-36-64(79-66)71(50-20-11-7-12-21-50)62-34-32-60(77-62)70(49-18-9-6-10-19-49)61-33-35-63(78-61)72(51-22-13-8-14-23-51)65-37-39-67(73)80-65/h6-14,18-28,32-39,47-48,55-59,77,80H,15-17,29-31,40-46H2,1-5H3,(H,76,81)/t48-,55+,56+,57-,58+,59+,74+,75-/m1/s1. The van der Waals surface area contributed by atoms with Crippen LogP contribution in [0.2, 0.25) is 0 Å². The SMILES string of the molecule is CC(C)CCC[C@@H](C)[C@H]1CC[C@H]2[C@@H]3CC=C4C[C@@H](OC(=O)CCC(=O)Nc5ccc(-c6c7nc(c(-c8ccccc8)c8ccc([nH]8)c(-c8ccccc8)c8nc(c(-c9ccccc9)c9ccc6[nH]9)C=C8)C=C7)cc5)CC[C@]4(C)[C@H]3CC[C@]12C. The summed E-state index contributed by atoms with van der Waals surface area (Å²) < 4.78 is 6.19. The van der Waals surface area contributed by atoms with Crippen LogP contribution >= 0.6 is 0 Å². The fraction of sp³-hybridized carbons (Fsp3) is 0.360. The first kappa shape index (κ1) is 54.4. The largest absolute Gasteiger partial charge is 0.462 e. The number of anilines is 1. The van der Waals surface area contributed by atoms with E-state index in [1.54, 1.807) is 0 Å². The van der Waals surface area contributed by atoms with Crippen molar-refractivity contribution >= 4 is 63.9 Å². The number of esters is 1. The summed E-state index contributed by atoms with van der Waals surface area (Å²) in [5.41, 5.74) is 17.8. The lowest BCUT2D eigenvalue weighted by atomic mass is 9.47. The summed E-state index contributed by atoms with van der Waals surface area (Å²) in [6, 6.07) is 47.8. The smallest absolute Gasteiger partial charge is 0.306 e. The molecule has 0 unspecified atom stereocenters. The highest BCUT2D eigenvalue weighted by Gasteiger charge is 2.59. The number of rotatable bonds is 14. The fourth-order valence-corrected chi connectivity index (χ4v) is 16.4. The highest BCUT2D eigenvalue weighted by molar-refractivity contribution is 6.00. The number of aromatic nitrogens is 4. The summed E-state index contributed by atoms with van der Waals surface area (Å²) in [4.78, 5) is 45.6. The van der Waals surface area contributed by atoms with Gasteiger partial charge in [-0.05, 0) is 174 Å². The molecule has 3 N–H and O–H groups in total. The Bertz CT molecular complexity index is 3800. The third-order valence-corrected chi connectivity index (χ3v) is 20.5. The summed E-state index contributed by atoms with van der Waals surface area (Å²) in [5.74, 6) is 4.24. The predicted octanol–water partition coefficient (Wildman–Crippen LogP) is 19.0. The van der Waals surface area contributed by atoms with Crippen molar-refractivity contribution < 1.29 is 14.3 Å². The van der Waals surface area contributed by atoms with Gasteiger partial charge in [0.05, 0.1) is 29.2 Å². The summed E-state index contributed by atoms with van der Waals surface area (Å²) >= 11 is 0. The molecule has 2 aliphatic heterocycles. The lowest BCUT2D eigenvalue weighted by molar-refractivity contribution is -0.152. The number of amides is 1. The first-order valence-electron chi connectivity index (χ1n) is 31.0. The van der Waals surface area contributed by atoms with E-state index in [2.05, 4.69) is 177 Å². The van der Waals surface area contributed by atoms with Crippen LogP contribution in [0.3, 0.4) is 0 Å². The molecule has 8 heteroatoms. The first-order valence-corrected chi connectivity index (χ1v) is 31.0. The molecule has 3 saturated carbocycles. The summed E-state index contributed by atoms with van der Waals surface area (Å²) in [5, 5.41) is 3.08. The summed E-state index contributed by atoms with van der Waals surface area (Å²) in [6.45, 7) is 12.5. The van der Waals surface area contributed by atoms with Crippen LogP contribution in [0.15, 0.2) is 151 Å². The van der Waals surface area contributed by atoms with Gasteiger partial charge in [-0.25, -0.2) is 9.97 Å². The van der Waals surface area contributed by atoms with Crippen molar-refractivity contribution in [3.8, 4) is 44.5 Å². The van der Waals surface area contributed by atoms with Crippen molar-refractivity contribution in [3.63, 3.8) is 0 Å². The molecular weight excluding hydrogens is 1020 g/mol. The number of hydrogen-bond donors (Lipinski definition) is 3. The van der Waals surface area contributed by atoms with E-state index in [-0.39, 0.29) is 36.2 Å². The van der Waals surface area contributed by atoms with E-state index < -0.39 is 0 Å². The Labute approximate surface area is 490 Å². The Balaban J connectivity index is 0.740. The number of benzene rings is 4. The van der Waals surface area contributed by atoms with Gasteiger partial charge in [-0.2, -0.15) is 0 Å². The monoisotopic (exact) mass is 1100 g/mol. The second kappa shape index (κ2) is 22.7. The second-order valence-corrected chi connectivity index (χ2v) is 25.9. The average molecular weight is 1100 g/mol. The highest BCUT2D eigenvalue weighted by atomic mass is 16.5. The number of nitrogens with zero attached hydrogens (tertiary/aromatic N) is 2. The van der Waals surface area contributed by atoms with Crippen molar-refractivity contribution in [2.24, 2.45) is 46.3 Å². The molecule has 3 fully saturated rings. The van der Waals surface area contributed by atoms with E-state index >= 15 is 0 Å². The van der Waals surface area contributed by atoms with Crippen LogP contribution in [0.1, 0.15) is 141 Å². The Hall–Kier alpha value is -7.84. The molecule has 13 rings (SSSR count). The van der Waals surface area contributed by atoms with Crippen LogP contribution in [0, 0.1) is 46.3 Å². The molecule has 0 spiro atoms. The van der Waals surface area contributed by atoms with Crippen LogP contribution in [0.5, 0.6) is 0 Å². The van der Waals surface area contributed by atoms with Crippen molar-refractivity contribution in [2.75, 3.05) is 5.32 Å². The molecule has 83 heavy (non-hydrogen) atoms. The number of carbonyl (C=O) groups excluding carboxylic acids is 2. The second-order valence-electron chi connectivity index (χ2n) is 25.9. The van der Waals surface area contributed by atoms with Gasteiger partial charge in [0.15, 0.2) is 0 Å². The zero-order chi connectivity index (χ0) is 56.8. The minimum atomic E-state index is -0.295. The minimum absolute atomic E-state index is 0.0403. The van der Waals surface area contributed by atoms with Gasteiger partial charge < -0.3 is 20.0 Å².